The average Bonchev–Trinajstić information content (AvgIpc) is 2.58. The van der Waals surface area contributed by atoms with Crippen molar-refractivity contribution in [2.24, 2.45) is 0 Å². The Labute approximate surface area is 149 Å². The van der Waals surface area contributed by atoms with Crippen LogP contribution in [-0.2, 0) is 11.2 Å². The minimum atomic E-state index is -0.804. The zero-order valence-electron chi connectivity index (χ0n) is 13.3. The second-order valence-corrected chi connectivity index (χ2v) is 5.89. The van der Waals surface area contributed by atoms with Crippen molar-refractivity contribution < 1.29 is 24.1 Å². The second-order valence-electron chi connectivity index (χ2n) is 5.03. The Bertz CT molecular complexity index is 670. The number of ether oxygens (including phenoxy) is 3. The van der Waals surface area contributed by atoms with Gasteiger partial charge in [-0.05, 0) is 64.3 Å². The van der Waals surface area contributed by atoms with Gasteiger partial charge in [-0.15, -0.1) is 0 Å². The molecule has 0 spiro atoms. The summed E-state index contributed by atoms with van der Waals surface area (Å²) in [7, 11) is 1.62. The number of hydrogen-bond donors (Lipinski definition) is 1. The number of methoxy groups -OCH3 is 1. The number of halogens is 1. The summed E-state index contributed by atoms with van der Waals surface area (Å²) in [6.07, 6.45) is 0.608. The fourth-order valence-electron chi connectivity index (χ4n) is 2.05. The maximum atomic E-state index is 10.6. The highest BCUT2D eigenvalue weighted by Crippen LogP contribution is 2.26. The van der Waals surface area contributed by atoms with Crippen LogP contribution in [0.5, 0.6) is 17.2 Å². The van der Waals surface area contributed by atoms with E-state index in [9.17, 15) is 4.79 Å². The second kappa shape index (κ2) is 9.17. The van der Waals surface area contributed by atoms with Gasteiger partial charge in [-0.3, -0.25) is 4.79 Å². The lowest BCUT2D eigenvalue weighted by atomic mass is 10.1. The van der Waals surface area contributed by atoms with Crippen molar-refractivity contribution in [3.63, 3.8) is 0 Å². The van der Waals surface area contributed by atoms with Crippen LogP contribution in [0.1, 0.15) is 12.0 Å². The van der Waals surface area contributed by atoms with E-state index in [-0.39, 0.29) is 6.42 Å². The quantitative estimate of drug-likeness (QED) is 0.652. The minimum absolute atomic E-state index is 0.113. The highest BCUT2D eigenvalue weighted by molar-refractivity contribution is 9.10. The third-order valence-corrected chi connectivity index (χ3v) is 3.91. The number of rotatable bonds is 9. The Hall–Kier alpha value is -2.21. The summed E-state index contributed by atoms with van der Waals surface area (Å²) < 4.78 is 17.2. The SMILES string of the molecule is COc1ccc(OCCOc2ccc(CCC(=O)O)cc2Br)cc1. The largest absolute Gasteiger partial charge is 0.497 e. The van der Waals surface area contributed by atoms with Crippen molar-refractivity contribution >= 4 is 21.9 Å². The van der Waals surface area contributed by atoms with Gasteiger partial charge in [0, 0.05) is 6.42 Å². The minimum Gasteiger partial charge on any atom is -0.497 e. The van der Waals surface area contributed by atoms with Crippen LogP contribution in [-0.4, -0.2) is 31.4 Å². The molecule has 0 aliphatic rings. The Kier molecular flexibility index (Phi) is 6.93. The lowest BCUT2D eigenvalue weighted by Gasteiger charge is -2.11. The van der Waals surface area contributed by atoms with E-state index in [0.29, 0.717) is 25.4 Å². The maximum absolute atomic E-state index is 10.6. The molecule has 24 heavy (non-hydrogen) atoms. The standard InChI is InChI=1S/C18H19BrO5/c1-22-14-4-6-15(7-5-14)23-10-11-24-17-8-2-13(12-16(17)19)3-9-18(20)21/h2,4-8,12H,3,9-11H2,1H3,(H,20,21). The molecule has 2 aromatic carbocycles. The van der Waals surface area contributed by atoms with E-state index in [1.54, 1.807) is 7.11 Å². The molecular formula is C18H19BrO5. The van der Waals surface area contributed by atoms with Gasteiger partial charge in [0.2, 0.25) is 0 Å². The molecule has 0 saturated heterocycles. The van der Waals surface area contributed by atoms with E-state index in [2.05, 4.69) is 15.9 Å². The highest BCUT2D eigenvalue weighted by Gasteiger charge is 2.05. The fourth-order valence-corrected chi connectivity index (χ4v) is 2.59. The molecule has 0 aromatic heterocycles. The van der Waals surface area contributed by atoms with Gasteiger partial charge >= 0.3 is 5.97 Å². The number of carbonyl (C=O) groups is 1. The van der Waals surface area contributed by atoms with Crippen LogP contribution in [0.25, 0.3) is 0 Å². The summed E-state index contributed by atoms with van der Waals surface area (Å²) in [6, 6.07) is 12.9. The van der Waals surface area contributed by atoms with Gasteiger partial charge in [0.1, 0.15) is 30.5 Å². The van der Waals surface area contributed by atoms with Crippen LogP contribution in [0.2, 0.25) is 0 Å². The molecule has 6 heteroatoms. The monoisotopic (exact) mass is 394 g/mol. The van der Waals surface area contributed by atoms with Crippen molar-refractivity contribution in [2.75, 3.05) is 20.3 Å². The Morgan fingerprint density at radius 1 is 1.04 bits per heavy atom. The fraction of sp³-hybridized carbons (Fsp3) is 0.278. The number of aliphatic carboxylic acids is 1. The normalized spacial score (nSPS) is 10.2. The molecule has 0 amide bonds. The van der Waals surface area contributed by atoms with Crippen molar-refractivity contribution in [3.05, 3.63) is 52.5 Å². The van der Waals surface area contributed by atoms with Crippen LogP contribution in [0.4, 0.5) is 0 Å². The zero-order valence-corrected chi connectivity index (χ0v) is 14.9. The first kappa shape index (κ1) is 18.1. The molecule has 2 rings (SSSR count). The molecule has 2 aromatic rings. The summed E-state index contributed by atoms with van der Waals surface area (Å²) in [4.78, 5) is 10.6. The first-order valence-electron chi connectivity index (χ1n) is 7.48. The molecule has 0 heterocycles. The van der Waals surface area contributed by atoms with Crippen LogP contribution in [0.3, 0.4) is 0 Å². The van der Waals surface area contributed by atoms with Crippen molar-refractivity contribution in [1.82, 2.24) is 0 Å². The number of aryl methyl sites for hydroxylation is 1. The van der Waals surface area contributed by atoms with E-state index in [1.807, 2.05) is 42.5 Å². The topological polar surface area (TPSA) is 65.0 Å². The first-order valence-corrected chi connectivity index (χ1v) is 8.27. The predicted octanol–water partition coefficient (Wildman–Crippen LogP) is 3.93. The van der Waals surface area contributed by atoms with E-state index < -0.39 is 5.97 Å². The van der Waals surface area contributed by atoms with Crippen LogP contribution >= 0.6 is 15.9 Å². The molecule has 0 bridgehead atoms. The number of hydrogen-bond acceptors (Lipinski definition) is 4. The number of benzene rings is 2. The summed E-state index contributed by atoms with van der Waals surface area (Å²) in [5.41, 5.74) is 0.950. The van der Waals surface area contributed by atoms with Gasteiger partial charge in [-0.1, -0.05) is 6.07 Å². The molecular weight excluding hydrogens is 376 g/mol. The van der Waals surface area contributed by atoms with Crippen molar-refractivity contribution in [1.29, 1.82) is 0 Å². The Morgan fingerprint density at radius 2 is 1.71 bits per heavy atom. The highest BCUT2D eigenvalue weighted by atomic mass is 79.9. The zero-order chi connectivity index (χ0) is 17.4. The third kappa shape index (κ3) is 5.77. The summed E-state index contributed by atoms with van der Waals surface area (Å²) >= 11 is 3.44. The van der Waals surface area contributed by atoms with Crippen LogP contribution in [0.15, 0.2) is 46.9 Å². The molecule has 0 atom stereocenters. The first-order chi connectivity index (χ1) is 11.6. The van der Waals surface area contributed by atoms with E-state index >= 15 is 0 Å². The predicted molar refractivity (Wildman–Crippen MR) is 94.1 cm³/mol. The van der Waals surface area contributed by atoms with Crippen LogP contribution < -0.4 is 14.2 Å². The van der Waals surface area contributed by atoms with E-state index in [4.69, 9.17) is 19.3 Å². The van der Waals surface area contributed by atoms with Gasteiger partial charge in [-0.2, -0.15) is 0 Å². The number of carboxylic acid groups (broad SMARTS) is 1. The maximum Gasteiger partial charge on any atom is 0.303 e. The molecule has 0 radical (unpaired) electrons. The van der Waals surface area contributed by atoms with Crippen LogP contribution in [0, 0.1) is 0 Å². The van der Waals surface area contributed by atoms with Gasteiger partial charge < -0.3 is 19.3 Å². The molecule has 5 nitrogen and oxygen atoms in total. The molecule has 0 aliphatic heterocycles. The Balaban J connectivity index is 1.78. The summed E-state index contributed by atoms with van der Waals surface area (Å²) in [5, 5.41) is 8.71. The van der Waals surface area contributed by atoms with Crippen molar-refractivity contribution in [3.8, 4) is 17.2 Å². The lowest BCUT2D eigenvalue weighted by Crippen LogP contribution is -2.09. The van der Waals surface area contributed by atoms with E-state index in [1.165, 1.54) is 0 Å². The molecule has 128 valence electrons. The van der Waals surface area contributed by atoms with Gasteiger partial charge in [0.05, 0.1) is 11.6 Å². The van der Waals surface area contributed by atoms with Gasteiger partial charge in [0.15, 0.2) is 0 Å². The van der Waals surface area contributed by atoms with Crippen molar-refractivity contribution in [2.45, 2.75) is 12.8 Å². The summed E-state index contributed by atoms with van der Waals surface area (Å²) in [6.45, 7) is 0.818. The van der Waals surface area contributed by atoms with Gasteiger partial charge in [0.25, 0.3) is 0 Å². The smallest absolute Gasteiger partial charge is 0.303 e. The Morgan fingerprint density at radius 3 is 2.33 bits per heavy atom. The number of carboxylic acids is 1. The molecule has 0 unspecified atom stereocenters. The summed E-state index contributed by atoms with van der Waals surface area (Å²) in [5.74, 6) is 1.43. The molecule has 1 N–H and O–H groups in total. The average molecular weight is 395 g/mol. The third-order valence-electron chi connectivity index (χ3n) is 3.29. The molecule has 0 aliphatic carbocycles. The molecule has 0 saturated carbocycles. The van der Waals surface area contributed by atoms with E-state index in [0.717, 1.165) is 21.5 Å². The van der Waals surface area contributed by atoms with Gasteiger partial charge in [-0.25, -0.2) is 0 Å². The lowest BCUT2D eigenvalue weighted by molar-refractivity contribution is -0.136. The molecule has 0 fully saturated rings.